The molecule has 0 spiro atoms. The lowest BCUT2D eigenvalue weighted by atomic mass is 10.2. The van der Waals surface area contributed by atoms with Crippen LogP contribution in [0, 0.1) is 0 Å². The van der Waals surface area contributed by atoms with Gasteiger partial charge >= 0.3 is 5.97 Å². The van der Waals surface area contributed by atoms with E-state index in [1.54, 1.807) is 34.9 Å². The number of aromatic nitrogens is 6. The van der Waals surface area contributed by atoms with Gasteiger partial charge in [-0.2, -0.15) is 5.10 Å². The molecule has 0 aliphatic carbocycles. The number of pyridine rings is 1. The number of aromatic carboxylic acids is 1. The molecule has 2 N–H and O–H groups in total. The fourth-order valence-electron chi connectivity index (χ4n) is 2.12. The van der Waals surface area contributed by atoms with Crippen LogP contribution in [-0.2, 0) is 13.6 Å². The molecule has 0 atom stereocenters. The molecule has 0 unspecified atom stereocenters. The highest BCUT2D eigenvalue weighted by Crippen LogP contribution is 2.13. The molecule has 3 aromatic rings. The summed E-state index contributed by atoms with van der Waals surface area (Å²) in [7, 11) is 1.74. The average molecular weight is 341 g/mol. The maximum Gasteiger partial charge on any atom is 0.337 e. The van der Waals surface area contributed by atoms with Crippen LogP contribution in [0.2, 0.25) is 0 Å². The molecule has 10 heteroatoms. The number of hydrogen-bond acceptors (Lipinski definition) is 6. The molecule has 0 aliphatic heterocycles. The second-order valence-corrected chi connectivity index (χ2v) is 5.26. The van der Waals surface area contributed by atoms with Crippen LogP contribution in [0.3, 0.4) is 0 Å². The number of carboxylic acids is 1. The van der Waals surface area contributed by atoms with Crippen LogP contribution in [0.15, 0.2) is 36.9 Å². The van der Waals surface area contributed by atoms with E-state index >= 15 is 0 Å². The van der Waals surface area contributed by atoms with Crippen molar-refractivity contribution < 1.29 is 14.7 Å². The lowest BCUT2D eigenvalue weighted by Gasteiger charge is -2.02. The Labute approximate surface area is 142 Å². The number of rotatable bonds is 6. The quantitative estimate of drug-likeness (QED) is 0.655. The van der Waals surface area contributed by atoms with Crippen LogP contribution in [0.1, 0.15) is 20.7 Å². The zero-order valence-electron chi connectivity index (χ0n) is 13.3. The Morgan fingerprint density at radius 1 is 1.16 bits per heavy atom. The summed E-state index contributed by atoms with van der Waals surface area (Å²) in [5, 5.41) is 23.5. The number of amides is 1. The van der Waals surface area contributed by atoms with E-state index in [1.165, 1.54) is 18.5 Å². The number of aryl methyl sites for hydroxylation is 1. The van der Waals surface area contributed by atoms with Crippen molar-refractivity contribution in [1.82, 2.24) is 35.1 Å². The third-order valence-electron chi connectivity index (χ3n) is 3.41. The Hall–Kier alpha value is -3.56. The zero-order chi connectivity index (χ0) is 17.8. The van der Waals surface area contributed by atoms with Crippen molar-refractivity contribution in [3.63, 3.8) is 0 Å². The van der Waals surface area contributed by atoms with Gasteiger partial charge in [-0.25, -0.2) is 4.79 Å². The number of hydrogen-bond donors (Lipinski definition) is 2. The van der Waals surface area contributed by atoms with Crippen LogP contribution in [0.5, 0.6) is 0 Å². The van der Waals surface area contributed by atoms with Gasteiger partial charge in [0.25, 0.3) is 5.91 Å². The first-order valence-corrected chi connectivity index (χ1v) is 7.39. The monoisotopic (exact) mass is 341 g/mol. The van der Waals surface area contributed by atoms with Crippen LogP contribution in [-0.4, -0.2) is 53.3 Å². The Morgan fingerprint density at radius 2 is 2.00 bits per heavy atom. The van der Waals surface area contributed by atoms with Gasteiger partial charge in [0.1, 0.15) is 5.69 Å². The highest BCUT2D eigenvalue weighted by Gasteiger charge is 2.09. The molecule has 3 aromatic heterocycles. The van der Waals surface area contributed by atoms with Crippen molar-refractivity contribution >= 4 is 11.9 Å². The third kappa shape index (κ3) is 3.86. The molecule has 128 valence electrons. The summed E-state index contributed by atoms with van der Waals surface area (Å²) >= 11 is 0. The maximum absolute atomic E-state index is 11.9. The fourth-order valence-corrected chi connectivity index (χ4v) is 2.12. The molecule has 25 heavy (non-hydrogen) atoms. The van der Waals surface area contributed by atoms with Gasteiger partial charge in [-0.05, 0) is 12.1 Å². The van der Waals surface area contributed by atoms with Crippen molar-refractivity contribution in [1.29, 1.82) is 0 Å². The molecule has 0 saturated carbocycles. The molecule has 1 amide bonds. The van der Waals surface area contributed by atoms with Gasteiger partial charge in [0.05, 0.1) is 35.8 Å². The summed E-state index contributed by atoms with van der Waals surface area (Å²) in [5.74, 6) is -1.24. The van der Waals surface area contributed by atoms with Crippen molar-refractivity contribution in [2.75, 3.05) is 6.54 Å². The van der Waals surface area contributed by atoms with Gasteiger partial charge in [0.2, 0.25) is 0 Å². The van der Waals surface area contributed by atoms with Crippen LogP contribution in [0.25, 0.3) is 11.4 Å². The summed E-state index contributed by atoms with van der Waals surface area (Å²) in [6.45, 7) is 0.814. The number of nitrogens with one attached hydrogen (secondary N) is 1. The molecular formula is C15H15N7O3. The molecule has 0 bridgehead atoms. The standard InChI is InChI=1S/C15H15N7O3/c1-21-8-11(7-18-21)14(23)16-4-5-22-9-13(19-20-22)12-3-2-10(6-17-12)15(24)25/h2-3,6-9H,4-5H2,1H3,(H,16,23)(H,24,25). The summed E-state index contributed by atoms with van der Waals surface area (Å²) in [4.78, 5) is 26.8. The van der Waals surface area contributed by atoms with E-state index in [4.69, 9.17) is 5.11 Å². The van der Waals surface area contributed by atoms with Crippen LogP contribution < -0.4 is 5.32 Å². The minimum atomic E-state index is -1.04. The number of carbonyl (C=O) groups is 2. The Kier molecular flexibility index (Phi) is 4.50. The first-order valence-electron chi connectivity index (χ1n) is 7.39. The molecule has 3 rings (SSSR count). The smallest absolute Gasteiger partial charge is 0.337 e. The molecule has 0 aliphatic rings. The first kappa shape index (κ1) is 16.3. The Bertz CT molecular complexity index is 898. The van der Waals surface area contributed by atoms with Crippen molar-refractivity contribution in [2.45, 2.75) is 6.54 Å². The number of nitrogens with zero attached hydrogens (tertiary/aromatic N) is 6. The van der Waals surface area contributed by atoms with E-state index in [2.05, 4.69) is 25.7 Å². The summed E-state index contributed by atoms with van der Waals surface area (Å²) in [6.07, 6.45) is 6.08. The molecule has 0 aromatic carbocycles. The highest BCUT2D eigenvalue weighted by atomic mass is 16.4. The lowest BCUT2D eigenvalue weighted by Crippen LogP contribution is -2.27. The van der Waals surface area contributed by atoms with E-state index < -0.39 is 5.97 Å². The molecule has 0 saturated heterocycles. The average Bonchev–Trinajstić information content (AvgIpc) is 3.24. The fraction of sp³-hybridized carbons (Fsp3) is 0.200. The first-order chi connectivity index (χ1) is 12.0. The van der Waals surface area contributed by atoms with E-state index in [1.807, 2.05) is 0 Å². The molecule has 0 radical (unpaired) electrons. The molecule has 0 fully saturated rings. The zero-order valence-corrected chi connectivity index (χ0v) is 13.3. The van der Waals surface area contributed by atoms with Crippen molar-refractivity contribution in [3.8, 4) is 11.4 Å². The lowest BCUT2D eigenvalue weighted by molar-refractivity contribution is 0.0696. The van der Waals surface area contributed by atoms with Crippen LogP contribution >= 0.6 is 0 Å². The normalized spacial score (nSPS) is 10.6. The van der Waals surface area contributed by atoms with E-state index in [0.717, 1.165) is 0 Å². The van der Waals surface area contributed by atoms with Crippen LogP contribution in [0.4, 0.5) is 0 Å². The minimum Gasteiger partial charge on any atom is -0.478 e. The predicted octanol–water partition coefficient (Wildman–Crippen LogP) is 0.202. The second kappa shape index (κ2) is 6.91. The SMILES string of the molecule is Cn1cc(C(=O)NCCn2cc(-c3ccc(C(=O)O)cn3)nn2)cn1. The molecule has 3 heterocycles. The van der Waals surface area contributed by atoms with Gasteiger partial charge in [-0.1, -0.05) is 5.21 Å². The summed E-state index contributed by atoms with van der Waals surface area (Å²) < 4.78 is 3.13. The highest BCUT2D eigenvalue weighted by molar-refractivity contribution is 5.93. The van der Waals surface area contributed by atoms with Gasteiger partial charge in [-0.3, -0.25) is 19.1 Å². The molecule has 10 nitrogen and oxygen atoms in total. The second-order valence-electron chi connectivity index (χ2n) is 5.26. The summed E-state index contributed by atoms with van der Waals surface area (Å²) in [5.41, 5.74) is 1.64. The Morgan fingerprint density at radius 3 is 2.64 bits per heavy atom. The third-order valence-corrected chi connectivity index (χ3v) is 3.41. The predicted molar refractivity (Wildman–Crippen MR) is 85.8 cm³/mol. The maximum atomic E-state index is 11.9. The van der Waals surface area contributed by atoms with Crippen molar-refractivity contribution in [3.05, 3.63) is 48.0 Å². The number of carbonyl (C=O) groups excluding carboxylic acids is 1. The largest absolute Gasteiger partial charge is 0.478 e. The van der Waals surface area contributed by atoms with Gasteiger partial charge < -0.3 is 10.4 Å². The van der Waals surface area contributed by atoms with Crippen molar-refractivity contribution in [2.24, 2.45) is 7.05 Å². The minimum absolute atomic E-state index is 0.106. The topological polar surface area (TPSA) is 128 Å². The van der Waals surface area contributed by atoms with E-state index in [-0.39, 0.29) is 11.5 Å². The Balaban J connectivity index is 1.56. The van der Waals surface area contributed by atoms with Gasteiger partial charge in [0, 0.05) is 26.0 Å². The van der Waals surface area contributed by atoms with E-state index in [0.29, 0.717) is 30.0 Å². The molecular weight excluding hydrogens is 326 g/mol. The van der Waals surface area contributed by atoms with Gasteiger partial charge in [-0.15, -0.1) is 5.10 Å². The van der Waals surface area contributed by atoms with E-state index in [9.17, 15) is 9.59 Å². The number of carboxylic acid groups (broad SMARTS) is 1. The van der Waals surface area contributed by atoms with Gasteiger partial charge in [0.15, 0.2) is 0 Å². The summed E-state index contributed by atoms with van der Waals surface area (Å²) in [6, 6.07) is 3.03.